The molecule has 32 heavy (non-hydrogen) atoms. The summed E-state index contributed by atoms with van der Waals surface area (Å²) in [6.07, 6.45) is -0.232. The van der Waals surface area contributed by atoms with Crippen molar-refractivity contribution in [3.63, 3.8) is 0 Å². The normalized spacial score (nSPS) is 21.3. The molecule has 174 valence electrons. The van der Waals surface area contributed by atoms with Crippen LogP contribution in [0.4, 0.5) is 13.2 Å². The highest BCUT2D eigenvalue weighted by Crippen LogP contribution is 2.27. The molecule has 2 aliphatic heterocycles. The Bertz CT molecular complexity index is 923. The zero-order valence-corrected chi connectivity index (χ0v) is 18.2. The molecule has 1 amide bonds. The Morgan fingerprint density at radius 3 is 2.66 bits per heavy atom. The third kappa shape index (κ3) is 6.05. The average molecular weight is 472 g/mol. The van der Waals surface area contributed by atoms with Crippen molar-refractivity contribution in [2.75, 3.05) is 26.2 Å². The van der Waals surface area contributed by atoms with E-state index in [-0.39, 0.29) is 18.1 Å². The van der Waals surface area contributed by atoms with E-state index in [1.165, 1.54) is 16.9 Å². The van der Waals surface area contributed by atoms with Crippen LogP contribution in [-0.4, -0.2) is 76.3 Å². The molecule has 0 saturated carbocycles. The lowest BCUT2D eigenvalue weighted by atomic mass is 9.97. The van der Waals surface area contributed by atoms with Gasteiger partial charge in [-0.25, -0.2) is 4.79 Å². The lowest BCUT2D eigenvalue weighted by molar-refractivity contribution is -0.192. The molecule has 4 rings (SSSR count). The highest BCUT2D eigenvalue weighted by molar-refractivity contribution is 7.12. The van der Waals surface area contributed by atoms with E-state index in [1.807, 2.05) is 35.5 Å². The smallest absolute Gasteiger partial charge is 0.475 e. The van der Waals surface area contributed by atoms with Crippen molar-refractivity contribution >= 4 is 23.2 Å². The van der Waals surface area contributed by atoms with E-state index < -0.39 is 12.1 Å². The van der Waals surface area contributed by atoms with Gasteiger partial charge in [-0.1, -0.05) is 6.07 Å². The molecule has 0 radical (unpaired) electrons. The molecule has 0 aliphatic carbocycles. The molecule has 2 aromatic heterocycles. The molecule has 2 fully saturated rings. The van der Waals surface area contributed by atoms with Crippen molar-refractivity contribution in [3.05, 3.63) is 52.0 Å². The standard InChI is InChI=1S/C19H23N3O2S.C2HF3O2/c1-14-5-10-25-18(14)19(23)22-7-4-17-16(13-22)21(8-9-24-17)12-15-3-2-6-20-11-15;3-2(4,5)1(6)7/h2-3,5-6,10-11,16-17H,4,7-9,12-13H2,1H3;(H,6,7)/t16-,17-;/m0./s1. The van der Waals surface area contributed by atoms with Crippen LogP contribution in [0.25, 0.3) is 0 Å². The molecule has 0 aromatic carbocycles. The van der Waals surface area contributed by atoms with Gasteiger partial charge in [-0.2, -0.15) is 13.2 Å². The zero-order valence-electron chi connectivity index (χ0n) is 17.4. The zero-order chi connectivity index (χ0) is 23.3. The number of hydrogen-bond acceptors (Lipinski definition) is 6. The third-order valence-electron chi connectivity index (χ3n) is 5.39. The molecule has 2 aromatic rings. The first kappa shape index (κ1) is 24.1. The number of amides is 1. The number of hydrogen-bond donors (Lipinski definition) is 1. The molecule has 2 aliphatic rings. The number of thiophene rings is 1. The van der Waals surface area contributed by atoms with Crippen molar-refractivity contribution in [1.82, 2.24) is 14.8 Å². The van der Waals surface area contributed by atoms with Crippen LogP contribution in [0, 0.1) is 6.92 Å². The maximum absolute atomic E-state index is 12.9. The molecular formula is C21H24F3N3O4S. The summed E-state index contributed by atoms with van der Waals surface area (Å²) in [6.45, 7) is 6.04. The van der Waals surface area contributed by atoms with Crippen molar-refractivity contribution in [1.29, 1.82) is 0 Å². The van der Waals surface area contributed by atoms with Gasteiger partial charge in [-0.05, 0) is 42.0 Å². The second-order valence-corrected chi connectivity index (χ2v) is 8.50. The number of ether oxygens (including phenoxy) is 1. The number of rotatable bonds is 3. The fourth-order valence-corrected chi connectivity index (χ4v) is 4.68. The molecule has 1 N–H and O–H groups in total. The summed E-state index contributed by atoms with van der Waals surface area (Å²) in [4.78, 5) is 31.3. The van der Waals surface area contributed by atoms with E-state index in [1.54, 1.807) is 6.20 Å². The highest BCUT2D eigenvalue weighted by Gasteiger charge is 2.39. The molecule has 11 heteroatoms. The third-order valence-corrected chi connectivity index (χ3v) is 6.40. The second-order valence-electron chi connectivity index (χ2n) is 7.58. The van der Waals surface area contributed by atoms with Gasteiger partial charge in [0.2, 0.25) is 0 Å². The molecule has 2 atom stereocenters. The number of aromatic nitrogens is 1. The number of alkyl halides is 3. The van der Waals surface area contributed by atoms with Crippen LogP contribution in [0.5, 0.6) is 0 Å². The number of carboxylic acids is 1. The number of nitrogens with zero attached hydrogens (tertiary/aromatic N) is 3. The predicted molar refractivity (Wildman–Crippen MR) is 111 cm³/mol. The minimum Gasteiger partial charge on any atom is -0.475 e. The van der Waals surface area contributed by atoms with Crippen LogP contribution < -0.4 is 0 Å². The monoisotopic (exact) mass is 471 g/mol. The Morgan fingerprint density at radius 2 is 2.06 bits per heavy atom. The molecule has 2 saturated heterocycles. The number of carbonyl (C=O) groups excluding carboxylic acids is 1. The topological polar surface area (TPSA) is 83.0 Å². The SMILES string of the molecule is Cc1ccsc1C(=O)N1CC[C@@H]2OCCN(Cc3cccnc3)[C@H]2C1.O=C(O)C(F)(F)F. The van der Waals surface area contributed by atoms with E-state index in [0.717, 1.165) is 49.6 Å². The first-order chi connectivity index (χ1) is 15.2. The molecule has 0 bridgehead atoms. The Morgan fingerprint density at radius 1 is 1.31 bits per heavy atom. The number of carboxylic acid groups (broad SMARTS) is 1. The molecule has 0 unspecified atom stereocenters. The fourth-order valence-electron chi connectivity index (χ4n) is 3.78. The van der Waals surface area contributed by atoms with Crippen LogP contribution in [0.15, 0.2) is 36.0 Å². The quantitative estimate of drug-likeness (QED) is 0.741. The highest BCUT2D eigenvalue weighted by atomic mass is 32.1. The number of pyridine rings is 1. The summed E-state index contributed by atoms with van der Waals surface area (Å²) < 4.78 is 37.7. The van der Waals surface area contributed by atoms with Crippen molar-refractivity contribution in [3.8, 4) is 0 Å². The average Bonchev–Trinajstić information content (AvgIpc) is 3.19. The van der Waals surface area contributed by atoms with E-state index in [9.17, 15) is 18.0 Å². The predicted octanol–water partition coefficient (Wildman–Crippen LogP) is 3.20. The lowest BCUT2D eigenvalue weighted by Crippen LogP contribution is -2.60. The number of aliphatic carboxylic acids is 1. The maximum atomic E-state index is 12.9. The van der Waals surface area contributed by atoms with Gasteiger partial charge in [-0.3, -0.25) is 14.7 Å². The minimum absolute atomic E-state index is 0.165. The van der Waals surface area contributed by atoms with Gasteiger partial charge in [-0.15, -0.1) is 11.3 Å². The first-order valence-electron chi connectivity index (χ1n) is 10.0. The van der Waals surface area contributed by atoms with Crippen LogP contribution in [-0.2, 0) is 16.1 Å². The number of fused-ring (bicyclic) bond motifs is 1. The second kappa shape index (κ2) is 10.4. The van der Waals surface area contributed by atoms with Gasteiger partial charge in [0.25, 0.3) is 5.91 Å². The number of aryl methyl sites for hydroxylation is 1. The van der Waals surface area contributed by atoms with Crippen molar-refractivity contribution in [2.24, 2.45) is 0 Å². The maximum Gasteiger partial charge on any atom is 0.490 e. The van der Waals surface area contributed by atoms with Crippen LogP contribution >= 0.6 is 11.3 Å². The summed E-state index contributed by atoms with van der Waals surface area (Å²) in [5.74, 6) is -2.59. The summed E-state index contributed by atoms with van der Waals surface area (Å²) >= 11 is 1.54. The van der Waals surface area contributed by atoms with E-state index in [2.05, 4.69) is 16.0 Å². The number of halogens is 3. The van der Waals surface area contributed by atoms with Crippen molar-refractivity contribution in [2.45, 2.75) is 38.2 Å². The Balaban J connectivity index is 0.000000360. The Labute approximate surface area is 187 Å². The largest absolute Gasteiger partial charge is 0.490 e. The van der Waals surface area contributed by atoms with Crippen molar-refractivity contribution < 1.29 is 32.6 Å². The summed E-state index contributed by atoms with van der Waals surface area (Å²) in [7, 11) is 0. The first-order valence-corrected chi connectivity index (χ1v) is 10.9. The van der Waals surface area contributed by atoms with Gasteiger partial charge in [0.15, 0.2) is 0 Å². The van der Waals surface area contributed by atoms with E-state index in [4.69, 9.17) is 14.6 Å². The van der Waals surface area contributed by atoms with Gasteiger partial charge in [0, 0.05) is 38.6 Å². The summed E-state index contributed by atoms with van der Waals surface area (Å²) in [5.41, 5.74) is 2.28. The minimum atomic E-state index is -5.08. The number of carbonyl (C=O) groups is 2. The van der Waals surface area contributed by atoms with Crippen LogP contribution in [0.3, 0.4) is 0 Å². The fraction of sp³-hybridized carbons (Fsp3) is 0.476. The van der Waals surface area contributed by atoms with E-state index >= 15 is 0 Å². The number of morpholine rings is 1. The lowest BCUT2D eigenvalue weighted by Gasteiger charge is -2.47. The van der Waals surface area contributed by atoms with Gasteiger partial charge >= 0.3 is 12.1 Å². The van der Waals surface area contributed by atoms with Gasteiger partial charge in [0.1, 0.15) is 0 Å². The molecular weight excluding hydrogens is 447 g/mol. The number of likely N-dealkylation sites (tertiary alicyclic amines) is 1. The van der Waals surface area contributed by atoms with Gasteiger partial charge < -0.3 is 14.7 Å². The molecule has 0 spiro atoms. The van der Waals surface area contributed by atoms with Crippen LogP contribution in [0.1, 0.15) is 27.2 Å². The van der Waals surface area contributed by atoms with E-state index in [0.29, 0.717) is 0 Å². The molecule has 7 nitrogen and oxygen atoms in total. The van der Waals surface area contributed by atoms with Crippen LogP contribution in [0.2, 0.25) is 0 Å². The van der Waals surface area contributed by atoms with Gasteiger partial charge in [0.05, 0.1) is 23.6 Å². The molecule has 4 heterocycles. The summed E-state index contributed by atoms with van der Waals surface area (Å²) in [6, 6.07) is 6.36. The number of piperidine rings is 1. The Kier molecular flexibility index (Phi) is 7.86. The summed E-state index contributed by atoms with van der Waals surface area (Å²) in [5, 5.41) is 9.12. The Hall–Kier alpha value is -2.50.